The van der Waals surface area contributed by atoms with Crippen LogP contribution in [0.1, 0.15) is 23.5 Å². The first kappa shape index (κ1) is 17.3. The fourth-order valence-corrected chi connectivity index (χ4v) is 3.64. The minimum absolute atomic E-state index is 0.0272. The summed E-state index contributed by atoms with van der Waals surface area (Å²) >= 11 is 0. The third-order valence-electron chi connectivity index (χ3n) is 4.90. The Labute approximate surface area is 157 Å². The van der Waals surface area contributed by atoms with Gasteiger partial charge in [0.2, 0.25) is 5.88 Å². The van der Waals surface area contributed by atoms with Crippen LogP contribution in [0.15, 0.2) is 47.3 Å². The van der Waals surface area contributed by atoms with Crippen LogP contribution in [0.2, 0.25) is 0 Å². The molecule has 6 nitrogen and oxygen atoms in total. The smallest absolute Gasteiger partial charge is 0.277 e. The van der Waals surface area contributed by atoms with Gasteiger partial charge in [0, 0.05) is 12.6 Å². The Morgan fingerprint density at radius 2 is 1.81 bits per heavy atom. The molecule has 0 atom stereocenters. The Kier molecular flexibility index (Phi) is 4.39. The number of nitrogens with zero attached hydrogens (tertiary/aromatic N) is 4. The highest BCUT2D eigenvalue weighted by Crippen LogP contribution is 2.20. The lowest BCUT2D eigenvalue weighted by Crippen LogP contribution is -2.24. The molecule has 4 aromatic rings. The van der Waals surface area contributed by atoms with Crippen molar-refractivity contribution in [2.75, 3.05) is 7.11 Å². The van der Waals surface area contributed by atoms with E-state index in [1.54, 1.807) is 13.2 Å². The van der Waals surface area contributed by atoms with Gasteiger partial charge < -0.3 is 9.30 Å². The number of imidazole rings is 1. The number of methoxy groups -OCH3 is 1. The first-order valence-corrected chi connectivity index (χ1v) is 9.07. The molecular weight excluding hydrogens is 340 g/mol. The van der Waals surface area contributed by atoms with Crippen molar-refractivity contribution in [3.8, 4) is 5.88 Å². The molecule has 0 amide bonds. The van der Waals surface area contributed by atoms with Gasteiger partial charge in [-0.15, -0.1) is 0 Å². The highest BCUT2D eigenvalue weighted by Gasteiger charge is 2.17. The first-order chi connectivity index (χ1) is 13.1. The van der Waals surface area contributed by atoms with Gasteiger partial charge in [0.25, 0.3) is 5.56 Å². The number of rotatable bonds is 5. The summed E-state index contributed by atoms with van der Waals surface area (Å²) in [7, 11) is 1.59. The number of ether oxygens (including phenoxy) is 1. The van der Waals surface area contributed by atoms with Crippen molar-refractivity contribution >= 4 is 16.7 Å². The molecule has 3 aromatic heterocycles. The summed E-state index contributed by atoms with van der Waals surface area (Å²) in [6.07, 6.45) is 1.79. The van der Waals surface area contributed by atoms with E-state index >= 15 is 0 Å². The molecule has 0 aliphatic carbocycles. The molecule has 27 heavy (non-hydrogen) atoms. The third-order valence-corrected chi connectivity index (χ3v) is 4.90. The maximum absolute atomic E-state index is 13.2. The van der Waals surface area contributed by atoms with Crippen LogP contribution in [0.3, 0.4) is 0 Å². The zero-order valence-electron chi connectivity index (χ0n) is 15.8. The Morgan fingerprint density at radius 1 is 1.04 bits per heavy atom. The molecule has 4 rings (SSSR count). The van der Waals surface area contributed by atoms with Gasteiger partial charge in [-0.2, -0.15) is 4.98 Å². The highest BCUT2D eigenvalue weighted by molar-refractivity contribution is 5.77. The minimum Gasteiger partial charge on any atom is -0.481 e. The van der Waals surface area contributed by atoms with Crippen LogP contribution in [0, 0.1) is 13.8 Å². The van der Waals surface area contributed by atoms with Crippen LogP contribution in [0.4, 0.5) is 0 Å². The molecule has 0 spiro atoms. The van der Waals surface area contributed by atoms with Crippen molar-refractivity contribution in [1.29, 1.82) is 0 Å². The third kappa shape index (κ3) is 2.97. The Morgan fingerprint density at radius 3 is 2.56 bits per heavy atom. The van der Waals surface area contributed by atoms with E-state index in [-0.39, 0.29) is 5.56 Å². The lowest BCUT2D eigenvalue weighted by atomic mass is 10.1. The number of aryl methyl sites for hydroxylation is 4. The van der Waals surface area contributed by atoms with Gasteiger partial charge in [0.1, 0.15) is 11.3 Å². The van der Waals surface area contributed by atoms with Gasteiger partial charge in [-0.05, 0) is 38.3 Å². The van der Waals surface area contributed by atoms with Crippen molar-refractivity contribution < 1.29 is 4.74 Å². The van der Waals surface area contributed by atoms with Gasteiger partial charge in [0.15, 0.2) is 5.65 Å². The average Bonchev–Trinajstić information content (AvgIpc) is 2.99. The minimum atomic E-state index is -0.0272. The van der Waals surface area contributed by atoms with E-state index in [4.69, 9.17) is 4.74 Å². The van der Waals surface area contributed by atoms with E-state index in [1.807, 2.05) is 47.1 Å². The van der Waals surface area contributed by atoms with Crippen LogP contribution >= 0.6 is 0 Å². The molecule has 6 heteroatoms. The predicted molar refractivity (Wildman–Crippen MR) is 106 cm³/mol. The molecule has 0 radical (unpaired) electrons. The molecule has 0 unspecified atom stereocenters. The summed E-state index contributed by atoms with van der Waals surface area (Å²) in [5, 5.41) is 0. The molecule has 1 aromatic carbocycles. The zero-order chi connectivity index (χ0) is 19.0. The number of hydrogen-bond donors (Lipinski definition) is 0. The summed E-state index contributed by atoms with van der Waals surface area (Å²) in [5.74, 6) is 1.27. The summed E-state index contributed by atoms with van der Waals surface area (Å²) in [6, 6.07) is 14.0. The van der Waals surface area contributed by atoms with Crippen molar-refractivity contribution in [3.63, 3.8) is 0 Å². The first-order valence-electron chi connectivity index (χ1n) is 9.07. The van der Waals surface area contributed by atoms with E-state index in [2.05, 4.69) is 22.1 Å². The second-order valence-electron chi connectivity index (χ2n) is 6.67. The summed E-state index contributed by atoms with van der Waals surface area (Å²) < 4.78 is 8.94. The van der Waals surface area contributed by atoms with Gasteiger partial charge in [-0.1, -0.05) is 30.3 Å². The maximum atomic E-state index is 13.2. The van der Waals surface area contributed by atoms with Crippen LogP contribution in [-0.2, 0) is 13.0 Å². The maximum Gasteiger partial charge on any atom is 0.277 e. The lowest BCUT2D eigenvalue weighted by Gasteiger charge is -2.13. The molecule has 0 bridgehead atoms. The molecule has 0 fully saturated rings. The largest absolute Gasteiger partial charge is 0.481 e. The SMILES string of the molecule is COc1ccc2c(n1)n1c(C)nc(C)c1c(=O)n2CCCc1ccccc1. The monoisotopic (exact) mass is 362 g/mol. The van der Waals surface area contributed by atoms with Crippen molar-refractivity contribution in [2.45, 2.75) is 33.2 Å². The van der Waals surface area contributed by atoms with Gasteiger partial charge in [0.05, 0.1) is 18.3 Å². The standard InChI is InChI=1S/C21H22N4O2/c1-14-19-21(26)24(13-7-10-16-8-5-4-6-9-16)17-11-12-18(27-3)23-20(17)25(19)15(2)22-14/h4-6,8-9,11-12H,7,10,13H2,1-3H3. The summed E-state index contributed by atoms with van der Waals surface area (Å²) in [6.45, 7) is 4.38. The van der Waals surface area contributed by atoms with Crippen LogP contribution in [-0.4, -0.2) is 26.0 Å². The Bertz CT molecular complexity index is 1180. The highest BCUT2D eigenvalue weighted by atomic mass is 16.5. The summed E-state index contributed by atoms with van der Waals surface area (Å²) in [4.78, 5) is 22.3. The van der Waals surface area contributed by atoms with Crippen molar-refractivity contribution in [3.05, 3.63) is 69.9 Å². The molecule has 3 heterocycles. The lowest BCUT2D eigenvalue weighted by molar-refractivity contribution is 0.399. The van der Waals surface area contributed by atoms with Crippen LogP contribution < -0.4 is 10.3 Å². The van der Waals surface area contributed by atoms with E-state index < -0.39 is 0 Å². The fraction of sp³-hybridized carbons (Fsp3) is 0.286. The number of pyridine rings is 1. The second-order valence-corrected chi connectivity index (χ2v) is 6.67. The quantitative estimate of drug-likeness (QED) is 0.546. The van der Waals surface area contributed by atoms with E-state index in [0.29, 0.717) is 23.6 Å². The van der Waals surface area contributed by atoms with E-state index in [9.17, 15) is 4.79 Å². The van der Waals surface area contributed by atoms with Crippen LogP contribution in [0.25, 0.3) is 16.7 Å². The Hall–Kier alpha value is -3.15. The normalized spacial score (nSPS) is 11.4. The van der Waals surface area contributed by atoms with Gasteiger partial charge in [-0.3, -0.25) is 9.20 Å². The van der Waals surface area contributed by atoms with Gasteiger partial charge in [-0.25, -0.2) is 4.98 Å². The van der Waals surface area contributed by atoms with Gasteiger partial charge >= 0.3 is 0 Å². The van der Waals surface area contributed by atoms with Crippen molar-refractivity contribution in [1.82, 2.24) is 18.9 Å². The molecule has 0 saturated heterocycles. The molecule has 0 aliphatic heterocycles. The molecular formula is C21H22N4O2. The van der Waals surface area contributed by atoms with E-state index in [1.165, 1.54) is 5.56 Å². The predicted octanol–water partition coefficient (Wildman–Crippen LogP) is 3.30. The average molecular weight is 362 g/mol. The number of fused-ring (bicyclic) bond motifs is 3. The molecule has 138 valence electrons. The molecule has 0 aliphatic rings. The second kappa shape index (κ2) is 6.87. The Balaban J connectivity index is 1.84. The zero-order valence-corrected chi connectivity index (χ0v) is 15.8. The fourth-order valence-electron chi connectivity index (χ4n) is 3.64. The molecule has 0 N–H and O–H groups in total. The summed E-state index contributed by atoms with van der Waals surface area (Å²) in [5.41, 5.74) is 4.04. The van der Waals surface area contributed by atoms with E-state index in [0.717, 1.165) is 29.9 Å². The number of hydrogen-bond acceptors (Lipinski definition) is 4. The number of benzene rings is 1. The van der Waals surface area contributed by atoms with Crippen LogP contribution in [0.5, 0.6) is 5.88 Å². The topological polar surface area (TPSA) is 61.4 Å². The molecule has 0 saturated carbocycles. The van der Waals surface area contributed by atoms with Crippen molar-refractivity contribution in [2.24, 2.45) is 0 Å². The number of aromatic nitrogens is 4.